The minimum atomic E-state index is 0.364. The normalized spacial score (nSPS) is 19.6. The number of anilines is 2. The second-order valence-corrected chi connectivity index (χ2v) is 7.10. The smallest absolute Gasteiger partial charge is 0.133 e. The van der Waals surface area contributed by atoms with Crippen molar-refractivity contribution in [3.63, 3.8) is 0 Å². The molecular formula is C19H26N6. The van der Waals surface area contributed by atoms with Crippen LogP contribution in [0.5, 0.6) is 0 Å². The maximum atomic E-state index is 4.66. The van der Waals surface area contributed by atoms with Crippen LogP contribution in [0, 0.1) is 0 Å². The Bertz CT molecular complexity index is 679. The van der Waals surface area contributed by atoms with Crippen molar-refractivity contribution < 1.29 is 0 Å². The molecule has 132 valence electrons. The molecule has 6 heteroatoms. The third kappa shape index (κ3) is 4.25. The Kier molecular flexibility index (Phi) is 4.78. The van der Waals surface area contributed by atoms with E-state index in [2.05, 4.69) is 49.1 Å². The lowest BCUT2D eigenvalue weighted by molar-refractivity contribution is 0.250. The highest BCUT2D eigenvalue weighted by atomic mass is 15.3. The van der Waals surface area contributed by atoms with Crippen LogP contribution in [0.3, 0.4) is 0 Å². The Labute approximate surface area is 149 Å². The van der Waals surface area contributed by atoms with Crippen molar-refractivity contribution in [2.75, 3.05) is 42.9 Å². The summed E-state index contributed by atoms with van der Waals surface area (Å²) in [7, 11) is 0. The largest absolute Gasteiger partial charge is 0.366 e. The summed E-state index contributed by atoms with van der Waals surface area (Å²) in [6.45, 7) is 7.45. The first-order valence-electron chi connectivity index (χ1n) is 9.26. The van der Waals surface area contributed by atoms with Crippen molar-refractivity contribution in [2.45, 2.75) is 31.7 Å². The van der Waals surface area contributed by atoms with Crippen molar-refractivity contribution in [1.82, 2.24) is 19.9 Å². The van der Waals surface area contributed by atoms with Gasteiger partial charge < -0.3 is 10.2 Å². The zero-order chi connectivity index (χ0) is 17.1. The molecule has 25 heavy (non-hydrogen) atoms. The fourth-order valence-corrected chi connectivity index (χ4v) is 3.38. The molecule has 1 N–H and O–H groups in total. The van der Waals surface area contributed by atoms with E-state index in [4.69, 9.17) is 0 Å². The summed E-state index contributed by atoms with van der Waals surface area (Å²) < 4.78 is 0. The van der Waals surface area contributed by atoms with Gasteiger partial charge in [-0.25, -0.2) is 15.0 Å². The summed E-state index contributed by atoms with van der Waals surface area (Å²) in [5.41, 5.74) is 0. The average Bonchev–Trinajstić information content (AvgIpc) is 3.48. The van der Waals surface area contributed by atoms with Crippen LogP contribution < -0.4 is 10.2 Å². The summed E-state index contributed by atoms with van der Waals surface area (Å²) >= 11 is 0. The van der Waals surface area contributed by atoms with Crippen LogP contribution >= 0.6 is 0 Å². The van der Waals surface area contributed by atoms with Crippen LogP contribution in [0.15, 0.2) is 36.7 Å². The lowest BCUT2D eigenvalue weighted by Gasteiger charge is -2.36. The second kappa shape index (κ2) is 7.35. The predicted molar refractivity (Wildman–Crippen MR) is 100.0 cm³/mol. The quantitative estimate of drug-likeness (QED) is 0.873. The highest BCUT2D eigenvalue weighted by Crippen LogP contribution is 2.38. The van der Waals surface area contributed by atoms with Gasteiger partial charge in [0.15, 0.2) is 0 Å². The Hall–Kier alpha value is -2.21. The number of pyridine rings is 1. The first-order chi connectivity index (χ1) is 12.3. The van der Waals surface area contributed by atoms with E-state index in [9.17, 15) is 0 Å². The Morgan fingerprint density at radius 2 is 1.92 bits per heavy atom. The number of rotatable bonds is 6. The molecule has 1 unspecified atom stereocenters. The molecule has 1 saturated carbocycles. The molecule has 0 amide bonds. The van der Waals surface area contributed by atoms with E-state index in [0.717, 1.165) is 50.2 Å². The van der Waals surface area contributed by atoms with E-state index in [1.165, 1.54) is 12.8 Å². The molecule has 1 aliphatic heterocycles. The summed E-state index contributed by atoms with van der Waals surface area (Å²) in [4.78, 5) is 18.4. The van der Waals surface area contributed by atoms with Gasteiger partial charge in [0, 0.05) is 57.1 Å². The minimum absolute atomic E-state index is 0.364. The maximum Gasteiger partial charge on any atom is 0.133 e. The van der Waals surface area contributed by atoms with Gasteiger partial charge in [0.05, 0.1) is 0 Å². The van der Waals surface area contributed by atoms with Gasteiger partial charge in [-0.15, -0.1) is 0 Å². The van der Waals surface area contributed by atoms with Crippen LogP contribution in [0.1, 0.15) is 31.5 Å². The van der Waals surface area contributed by atoms with Crippen molar-refractivity contribution >= 4 is 11.6 Å². The molecular weight excluding hydrogens is 312 g/mol. The third-order valence-electron chi connectivity index (χ3n) is 4.89. The molecule has 1 atom stereocenters. The van der Waals surface area contributed by atoms with Crippen LogP contribution in [-0.4, -0.2) is 58.6 Å². The first kappa shape index (κ1) is 16.3. The summed E-state index contributed by atoms with van der Waals surface area (Å²) in [6, 6.07) is 8.45. The average molecular weight is 338 g/mol. The van der Waals surface area contributed by atoms with Gasteiger partial charge in [-0.2, -0.15) is 0 Å². The Morgan fingerprint density at radius 3 is 2.64 bits per heavy atom. The van der Waals surface area contributed by atoms with E-state index >= 15 is 0 Å². The lowest BCUT2D eigenvalue weighted by Crippen LogP contribution is -2.49. The van der Waals surface area contributed by atoms with Crippen molar-refractivity contribution in [3.05, 3.63) is 42.5 Å². The molecule has 0 bridgehead atoms. The molecule has 2 aromatic heterocycles. The van der Waals surface area contributed by atoms with Gasteiger partial charge in [0.2, 0.25) is 0 Å². The number of nitrogens with one attached hydrogen (secondary N) is 1. The van der Waals surface area contributed by atoms with E-state index in [1.54, 1.807) is 0 Å². The van der Waals surface area contributed by atoms with E-state index in [0.29, 0.717) is 12.0 Å². The molecule has 6 nitrogen and oxygen atoms in total. The van der Waals surface area contributed by atoms with Crippen LogP contribution in [0.25, 0.3) is 0 Å². The molecule has 2 aliphatic rings. The molecule has 0 spiro atoms. The van der Waals surface area contributed by atoms with Crippen molar-refractivity contribution in [2.24, 2.45) is 0 Å². The maximum absolute atomic E-state index is 4.66. The highest BCUT2D eigenvalue weighted by molar-refractivity contribution is 5.38. The van der Waals surface area contributed by atoms with Crippen molar-refractivity contribution in [1.29, 1.82) is 0 Å². The summed E-state index contributed by atoms with van der Waals surface area (Å²) in [5.74, 6) is 3.64. The van der Waals surface area contributed by atoms with Gasteiger partial charge in [-0.05, 0) is 38.0 Å². The summed E-state index contributed by atoms with van der Waals surface area (Å²) in [6.07, 6.45) is 6.21. The molecule has 2 fully saturated rings. The van der Waals surface area contributed by atoms with E-state index < -0.39 is 0 Å². The molecule has 4 rings (SSSR count). The predicted octanol–water partition coefficient (Wildman–Crippen LogP) is 2.37. The van der Waals surface area contributed by atoms with E-state index in [1.807, 2.05) is 24.5 Å². The summed E-state index contributed by atoms with van der Waals surface area (Å²) in [5, 5.41) is 3.54. The fourth-order valence-electron chi connectivity index (χ4n) is 3.38. The molecule has 0 aromatic carbocycles. The molecule has 2 aromatic rings. The molecule has 0 radical (unpaired) electrons. The molecule has 3 heterocycles. The monoisotopic (exact) mass is 338 g/mol. The minimum Gasteiger partial charge on any atom is -0.366 e. The van der Waals surface area contributed by atoms with Gasteiger partial charge in [0.25, 0.3) is 0 Å². The van der Waals surface area contributed by atoms with Gasteiger partial charge >= 0.3 is 0 Å². The SMILES string of the molecule is CC(CN1CCN(c2ccccn2)CC1)Nc1ccnc(C2CC2)n1. The van der Waals surface area contributed by atoms with E-state index in [-0.39, 0.29) is 0 Å². The number of hydrogen-bond donors (Lipinski definition) is 1. The second-order valence-electron chi connectivity index (χ2n) is 7.10. The zero-order valence-corrected chi connectivity index (χ0v) is 14.8. The molecule has 1 aliphatic carbocycles. The number of aromatic nitrogens is 3. The van der Waals surface area contributed by atoms with Gasteiger partial charge in [-0.3, -0.25) is 4.90 Å². The van der Waals surface area contributed by atoms with Crippen LogP contribution in [0.4, 0.5) is 11.6 Å². The Balaban J connectivity index is 1.26. The Morgan fingerprint density at radius 1 is 1.08 bits per heavy atom. The highest BCUT2D eigenvalue weighted by Gasteiger charge is 2.26. The lowest BCUT2D eigenvalue weighted by atomic mass is 10.2. The zero-order valence-electron chi connectivity index (χ0n) is 14.8. The van der Waals surface area contributed by atoms with Crippen molar-refractivity contribution in [3.8, 4) is 0 Å². The van der Waals surface area contributed by atoms with Crippen LogP contribution in [-0.2, 0) is 0 Å². The topological polar surface area (TPSA) is 57.2 Å². The number of hydrogen-bond acceptors (Lipinski definition) is 6. The number of nitrogens with zero attached hydrogens (tertiary/aromatic N) is 5. The van der Waals surface area contributed by atoms with Crippen LogP contribution in [0.2, 0.25) is 0 Å². The number of piperazine rings is 1. The first-order valence-corrected chi connectivity index (χ1v) is 9.26. The fraction of sp³-hybridized carbons (Fsp3) is 0.526. The standard InChI is InChI=1S/C19H26N6/c1-15(22-17-7-9-21-19(23-17)16-5-6-16)14-24-10-12-25(13-11-24)18-4-2-3-8-20-18/h2-4,7-9,15-16H,5-6,10-14H2,1H3,(H,21,22,23). The third-order valence-corrected chi connectivity index (χ3v) is 4.89. The van der Waals surface area contributed by atoms with Gasteiger partial charge in [0.1, 0.15) is 17.5 Å². The van der Waals surface area contributed by atoms with Gasteiger partial charge in [-0.1, -0.05) is 6.07 Å². The molecule has 1 saturated heterocycles.